The number of halogens is 1. The molecule has 0 radical (unpaired) electrons. The molecule has 0 saturated heterocycles. The second kappa shape index (κ2) is 5.27. The highest BCUT2D eigenvalue weighted by Gasteiger charge is 2.24. The summed E-state index contributed by atoms with van der Waals surface area (Å²) in [5.41, 5.74) is 6.38. The van der Waals surface area contributed by atoms with Gasteiger partial charge in [0.2, 0.25) is 0 Å². The van der Waals surface area contributed by atoms with Crippen LogP contribution >= 0.6 is 0 Å². The fourth-order valence-corrected chi connectivity index (χ4v) is 1.60. The lowest BCUT2D eigenvalue weighted by Gasteiger charge is -2.24. The lowest BCUT2D eigenvalue weighted by Crippen LogP contribution is -2.30. The van der Waals surface area contributed by atoms with Crippen molar-refractivity contribution in [3.05, 3.63) is 29.6 Å². The van der Waals surface area contributed by atoms with E-state index < -0.39 is 18.0 Å². The number of hydrogen-bond donors (Lipinski definition) is 2. The van der Waals surface area contributed by atoms with Crippen LogP contribution in [-0.2, 0) is 0 Å². The van der Waals surface area contributed by atoms with Gasteiger partial charge in [0.1, 0.15) is 0 Å². The molecule has 0 unspecified atom stereocenters. The van der Waals surface area contributed by atoms with Crippen molar-refractivity contribution < 1.29 is 14.2 Å². The zero-order valence-corrected chi connectivity index (χ0v) is 9.77. The lowest BCUT2D eigenvalue weighted by molar-refractivity contribution is 0.0967. The molecule has 0 aromatic heterocycles. The molecule has 0 aliphatic rings. The number of aliphatic hydroxyl groups excluding tert-OH is 1. The maximum absolute atomic E-state index is 13.4. The predicted molar refractivity (Wildman–Crippen MR) is 60.7 cm³/mol. The van der Waals surface area contributed by atoms with E-state index in [0.29, 0.717) is 5.56 Å². The first-order valence-electron chi connectivity index (χ1n) is 5.25. The largest absolute Gasteiger partial charge is 0.493 e. The maximum Gasteiger partial charge on any atom is 0.165 e. The number of hydrogen-bond acceptors (Lipinski definition) is 3. The molecule has 0 fully saturated rings. The van der Waals surface area contributed by atoms with Gasteiger partial charge in [-0.25, -0.2) is 4.39 Å². The van der Waals surface area contributed by atoms with Crippen LogP contribution in [0.4, 0.5) is 4.39 Å². The molecule has 3 N–H and O–H groups in total. The molecule has 1 aromatic rings. The molecule has 3 nitrogen and oxygen atoms in total. The second-order valence-corrected chi connectivity index (χ2v) is 4.12. The molecule has 0 bridgehead atoms. The highest BCUT2D eigenvalue weighted by Crippen LogP contribution is 2.30. The fourth-order valence-electron chi connectivity index (χ4n) is 1.60. The summed E-state index contributed by atoms with van der Waals surface area (Å²) in [6, 6.07) is 3.88. The minimum absolute atomic E-state index is 0.00275. The molecule has 0 saturated carbocycles. The molecule has 0 aliphatic carbocycles. The van der Waals surface area contributed by atoms with Crippen LogP contribution in [0.5, 0.6) is 5.75 Å². The first-order valence-corrected chi connectivity index (χ1v) is 5.25. The molecule has 16 heavy (non-hydrogen) atoms. The van der Waals surface area contributed by atoms with Gasteiger partial charge in [-0.1, -0.05) is 26.0 Å². The lowest BCUT2D eigenvalue weighted by atomic mass is 9.94. The van der Waals surface area contributed by atoms with Gasteiger partial charge in [-0.3, -0.25) is 0 Å². The molecule has 0 amide bonds. The van der Waals surface area contributed by atoms with Crippen molar-refractivity contribution in [2.24, 2.45) is 11.7 Å². The molecule has 2 atom stereocenters. The van der Waals surface area contributed by atoms with Crippen LogP contribution in [0, 0.1) is 11.7 Å². The number of aliphatic hydroxyl groups is 1. The molecule has 1 rings (SSSR count). The van der Waals surface area contributed by atoms with Crippen LogP contribution in [0.1, 0.15) is 25.5 Å². The molecular formula is C12H18FNO2. The van der Waals surface area contributed by atoms with E-state index in [2.05, 4.69) is 0 Å². The Morgan fingerprint density at radius 1 is 1.38 bits per heavy atom. The van der Waals surface area contributed by atoms with Crippen molar-refractivity contribution in [2.45, 2.75) is 26.0 Å². The van der Waals surface area contributed by atoms with Crippen LogP contribution in [0.2, 0.25) is 0 Å². The van der Waals surface area contributed by atoms with Gasteiger partial charge in [-0.2, -0.15) is 0 Å². The highest BCUT2D eigenvalue weighted by atomic mass is 19.1. The Bertz CT molecular complexity index is 355. The Balaban J connectivity index is 3.08. The summed E-state index contributed by atoms with van der Waals surface area (Å²) in [6.07, 6.45) is -0.726. The van der Waals surface area contributed by atoms with E-state index >= 15 is 0 Å². The van der Waals surface area contributed by atoms with E-state index in [-0.39, 0.29) is 11.7 Å². The van der Waals surface area contributed by atoms with Crippen molar-refractivity contribution in [1.82, 2.24) is 0 Å². The number of methoxy groups -OCH3 is 1. The quantitative estimate of drug-likeness (QED) is 0.825. The van der Waals surface area contributed by atoms with Gasteiger partial charge >= 0.3 is 0 Å². The van der Waals surface area contributed by atoms with Crippen LogP contribution in [0.3, 0.4) is 0 Å². The first-order chi connectivity index (χ1) is 7.49. The van der Waals surface area contributed by atoms with Gasteiger partial charge in [-0.05, 0) is 12.0 Å². The van der Waals surface area contributed by atoms with Gasteiger partial charge < -0.3 is 15.6 Å². The van der Waals surface area contributed by atoms with Crippen molar-refractivity contribution in [3.63, 3.8) is 0 Å². The van der Waals surface area contributed by atoms with E-state index in [1.54, 1.807) is 12.1 Å². The van der Waals surface area contributed by atoms with E-state index in [1.165, 1.54) is 13.2 Å². The summed E-state index contributed by atoms with van der Waals surface area (Å²) >= 11 is 0. The standard InChI is InChI=1S/C12H18FNO2/c1-7(2)11(15)10(14)8-5-4-6-9(13)12(8)16-3/h4-7,10-11,15H,14H2,1-3H3/t10-,11+/m1/s1. The van der Waals surface area contributed by atoms with Crippen LogP contribution in [0.25, 0.3) is 0 Å². The summed E-state index contributed by atoms with van der Waals surface area (Å²) in [6.45, 7) is 3.71. The SMILES string of the molecule is COc1c(F)cccc1[C@@H](N)[C@@H](O)C(C)C. The van der Waals surface area contributed by atoms with Crippen LogP contribution < -0.4 is 10.5 Å². The van der Waals surface area contributed by atoms with Gasteiger partial charge in [0.25, 0.3) is 0 Å². The first kappa shape index (κ1) is 12.9. The van der Waals surface area contributed by atoms with Crippen molar-refractivity contribution in [1.29, 1.82) is 0 Å². The van der Waals surface area contributed by atoms with Crippen molar-refractivity contribution in [2.75, 3.05) is 7.11 Å². The van der Waals surface area contributed by atoms with Crippen molar-refractivity contribution in [3.8, 4) is 5.75 Å². The summed E-state index contributed by atoms with van der Waals surface area (Å²) in [4.78, 5) is 0. The van der Waals surface area contributed by atoms with Gasteiger partial charge in [-0.15, -0.1) is 0 Å². The Labute approximate surface area is 95.0 Å². The van der Waals surface area contributed by atoms with Crippen LogP contribution in [-0.4, -0.2) is 18.3 Å². The summed E-state index contributed by atoms with van der Waals surface area (Å²) in [5, 5.41) is 9.86. The van der Waals surface area contributed by atoms with E-state index in [1.807, 2.05) is 13.8 Å². The fraction of sp³-hybridized carbons (Fsp3) is 0.500. The summed E-state index contributed by atoms with van der Waals surface area (Å²) in [7, 11) is 1.39. The van der Waals surface area contributed by atoms with Gasteiger partial charge in [0, 0.05) is 5.56 Å². The smallest absolute Gasteiger partial charge is 0.165 e. The molecule has 1 aromatic carbocycles. The second-order valence-electron chi connectivity index (χ2n) is 4.12. The molecule has 0 heterocycles. The Morgan fingerprint density at radius 2 is 2.00 bits per heavy atom. The third kappa shape index (κ3) is 2.51. The summed E-state index contributed by atoms with van der Waals surface area (Å²) < 4.78 is 18.4. The zero-order chi connectivity index (χ0) is 12.3. The number of ether oxygens (including phenoxy) is 1. The molecule has 90 valence electrons. The topological polar surface area (TPSA) is 55.5 Å². The minimum Gasteiger partial charge on any atom is -0.493 e. The maximum atomic E-state index is 13.4. The Morgan fingerprint density at radius 3 is 2.50 bits per heavy atom. The average Bonchev–Trinajstić information content (AvgIpc) is 2.26. The number of benzene rings is 1. The Hall–Kier alpha value is -1.13. The van der Waals surface area contributed by atoms with E-state index in [9.17, 15) is 9.50 Å². The molecule has 0 aliphatic heterocycles. The minimum atomic E-state index is -0.726. The van der Waals surface area contributed by atoms with E-state index in [0.717, 1.165) is 0 Å². The van der Waals surface area contributed by atoms with Gasteiger partial charge in [0.15, 0.2) is 11.6 Å². The Kier molecular flexibility index (Phi) is 4.26. The number of rotatable bonds is 4. The normalized spacial score (nSPS) is 14.9. The van der Waals surface area contributed by atoms with Crippen LogP contribution in [0.15, 0.2) is 18.2 Å². The monoisotopic (exact) mass is 227 g/mol. The number of para-hydroxylation sites is 1. The molecular weight excluding hydrogens is 209 g/mol. The highest BCUT2D eigenvalue weighted by molar-refractivity contribution is 5.37. The predicted octanol–water partition coefficient (Wildman–Crippen LogP) is 1.85. The van der Waals surface area contributed by atoms with Gasteiger partial charge in [0.05, 0.1) is 19.3 Å². The zero-order valence-electron chi connectivity index (χ0n) is 9.77. The van der Waals surface area contributed by atoms with Crippen molar-refractivity contribution >= 4 is 0 Å². The average molecular weight is 227 g/mol. The third-order valence-electron chi connectivity index (χ3n) is 2.61. The summed E-state index contributed by atoms with van der Waals surface area (Å²) in [5.74, 6) is -0.357. The van der Waals surface area contributed by atoms with E-state index in [4.69, 9.17) is 10.5 Å². The molecule has 0 spiro atoms. The molecule has 4 heteroatoms. The third-order valence-corrected chi connectivity index (χ3v) is 2.61. The number of nitrogens with two attached hydrogens (primary N) is 1.